The maximum Gasteiger partial charge on any atom is 0.237 e. The minimum absolute atomic E-state index is 0.0559. The van der Waals surface area contributed by atoms with Gasteiger partial charge in [-0.15, -0.1) is 10.2 Å². The molecule has 158 valence electrons. The van der Waals surface area contributed by atoms with Gasteiger partial charge in [-0.3, -0.25) is 4.79 Å². The summed E-state index contributed by atoms with van der Waals surface area (Å²) in [4.78, 5) is 12.8. The van der Waals surface area contributed by atoms with E-state index in [0.717, 1.165) is 27.8 Å². The molecule has 30 heavy (non-hydrogen) atoms. The molecule has 0 saturated heterocycles. The molecule has 0 radical (unpaired) electrons. The molecule has 0 aliphatic rings. The monoisotopic (exact) mass is 424 g/mol. The third kappa shape index (κ3) is 5.70. The van der Waals surface area contributed by atoms with Crippen molar-refractivity contribution in [2.75, 3.05) is 19.0 Å². The van der Waals surface area contributed by atoms with Crippen LogP contribution in [0, 0.1) is 13.8 Å². The standard InChI is InChI=1S/C23H28N4O2S/c1-16-10-11-17(2)20(14-16)24-22(28)18(3)30-23-26-25-21(27(23)12-13-29-4)15-19-8-6-5-7-9-19/h5-11,14,18H,12-13,15H2,1-4H3,(H,24,28)/t18-/m1/s1. The summed E-state index contributed by atoms with van der Waals surface area (Å²) >= 11 is 1.41. The Morgan fingerprint density at radius 1 is 1.17 bits per heavy atom. The molecule has 7 heteroatoms. The molecular weight excluding hydrogens is 396 g/mol. The maximum absolute atomic E-state index is 12.8. The quantitative estimate of drug-likeness (QED) is 0.520. The van der Waals surface area contributed by atoms with E-state index >= 15 is 0 Å². The second-order valence-corrected chi connectivity index (χ2v) is 8.58. The number of rotatable bonds is 9. The molecule has 1 amide bonds. The van der Waals surface area contributed by atoms with Gasteiger partial charge in [-0.1, -0.05) is 54.2 Å². The van der Waals surface area contributed by atoms with Crippen molar-refractivity contribution in [1.82, 2.24) is 14.8 Å². The molecule has 1 heterocycles. The Morgan fingerprint density at radius 2 is 1.93 bits per heavy atom. The number of amides is 1. The van der Waals surface area contributed by atoms with E-state index in [4.69, 9.17) is 4.74 Å². The van der Waals surface area contributed by atoms with Crippen LogP contribution in [0.4, 0.5) is 5.69 Å². The first-order valence-corrected chi connectivity index (χ1v) is 10.9. The molecular formula is C23H28N4O2S. The molecule has 0 saturated carbocycles. The van der Waals surface area contributed by atoms with Crippen LogP contribution in [0.3, 0.4) is 0 Å². The average molecular weight is 425 g/mol. The molecule has 3 aromatic rings. The van der Waals surface area contributed by atoms with E-state index in [1.54, 1.807) is 7.11 Å². The molecule has 0 fully saturated rings. The van der Waals surface area contributed by atoms with Gasteiger partial charge in [0.2, 0.25) is 5.91 Å². The zero-order valence-electron chi connectivity index (χ0n) is 17.9. The lowest BCUT2D eigenvalue weighted by Crippen LogP contribution is -2.23. The number of thioether (sulfide) groups is 1. The highest BCUT2D eigenvalue weighted by Crippen LogP contribution is 2.25. The van der Waals surface area contributed by atoms with E-state index in [-0.39, 0.29) is 11.2 Å². The smallest absolute Gasteiger partial charge is 0.237 e. The number of ether oxygens (including phenoxy) is 1. The second kappa shape index (κ2) is 10.4. The van der Waals surface area contributed by atoms with Gasteiger partial charge in [0, 0.05) is 25.8 Å². The number of anilines is 1. The van der Waals surface area contributed by atoms with Crippen LogP contribution in [0.5, 0.6) is 0 Å². The van der Waals surface area contributed by atoms with E-state index in [1.807, 2.05) is 61.7 Å². The van der Waals surface area contributed by atoms with Crippen molar-refractivity contribution in [2.24, 2.45) is 0 Å². The minimum Gasteiger partial charge on any atom is -0.383 e. The first-order valence-electron chi connectivity index (χ1n) is 9.97. The van der Waals surface area contributed by atoms with Crippen LogP contribution in [0.25, 0.3) is 0 Å². The van der Waals surface area contributed by atoms with Gasteiger partial charge >= 0.3 is 0 Å². The van der Waals surface area contributed by atoms with Gasteiger partial charge in [-0.2, -0.15) is 0 Å². The average Bonchev–Trinajstić information content (AvgIpc) is 3.10. The summed E-state index contributed by atoms with van der Waals surface area (Å²) in [6.07, 6.45) is 0.682. The third-order valence-corrected chi connectivity index (χ3v) is 5.90. The number of hydrogen-bond donors (Lipinski definition) is 1. The highest BCUT2D eigenvalue weighted by molar-refractivity contribution is 8.00. The number of methoxy groups -OCH3 is 1. The predicted octanol–water partition coefficient (Wildman–Crippen LogP) is 4.25. The number of benzene rings is 2. The zero-order chi connectivity index (χ0) is 21.5. The fourth-order valence-corrected chi connectivity index (χ4v) is 3.93. The first-order chi connectivity index (χ1) is 14.5. The minimum atomic E-state index is -0.319. The van der Waals surface area contributed by atoms with Crippen molar-refractivity contribution in [3.05, 3.63) is 71.0 Å². The van der Waals surface area contributed by atoms with E-state index in [9.17, 15) is 4.79 Å². The van der Waals surface area contributed by atoms with Gasteiger partial charge in [0.15, 0.2) is 5.16 Å². The van der Waals surface area contributed by atoms with Gasteiger partial charge in [0.25, 0.3) is 0 Å². The lowest BCUT2D eigenvalue weighted by Gasteiger charge is -2.15. The number of carbonyl (C=O) groups excluding carboxylic acids is 1. The summed E-state index contributed by atoms with van der Waals surface area (Å²) in [5.41, 5.74) is 4.17. The van der Waals surface area contributed by atoms with Crippen LogP contribution < -0.4 is 5.32 Å². The molecule has 6 nitrogen and oxygen atoms in total. The number of carbonyl (C=O) groups is 1. The van der Waals surface area contributed by atoms with Crippen molar-refractivity contribution >= 4 is 23.4 Å². The van der Waals surface area contributed by atoms with Crippen LogP contribution in [0.1, 0.15) is 29.4 Å². The lowest BCUT2D eigenvalue weighted by molar-refractivity contribution is -0.115. The van der Waals surface area contributed by atoms with Gasteiger partial charge in [-0.05, 0) is 43.5 Å². The largest absolute Gasteiger partial charge is 0.383 e. The fraction of sp³-hybridized carbons (Fsp3) is 0.348. The van der Waals surface area contributed by atoms with Crippen LogP contribution in [0.15, 0.2) is 53.7 Å². The molecule has 0 aliphatic carbocycles. The number of nitrogens with zero attached hydrogens (tertiary/aromatic N) is 3. The Labute approximate surface area is 182 Å². The number of hydrogen-bond acceptors (Lipinski definition) is 5. The maximum atomic E-state index is 12.8. The van der Waals surface area contributed by atoms with Gasteiger partial charge in [0.05, 0.1) is 11.9 Å². The third-order valence-electron chi connectivity index (χ3n) is 4.82. The molecule has 0 bridgehead atoms. The summed E-state index contributed by atoms with van der Waals surface area (Å²) < 4.78 is 7.31. The molecule has 1 aromatic heterocycles. The summed E-state index contributed by atoms with van der Waals surface area (Å²) in [5.74, 6) is 0.808. The normalized spacial score (nSPS) is 12.0. The molecule has 2 aromatic carbocycles. The Hall–Kier alpha value is -2.64. The lowest BCUT2D eigenvalue weighted by atomic mass is 10.1. The molecule has 1 N–H and O–H groups in total. The molecule has 0 spiro atoms. The zero-order valence-corrected chi connectivity index (χ0v) is 18.7. The Bertz CT molecular complexity index is 988. The predicted molar refractivity (Wildman–Crippen MR) is 121 cm³/mol. The highest BCUT2D eigenvalue weighted by Gasteiger charge is 2.21. The highest BCUT2D eigenvalue weighted by atomic mass is 32.2. The van der Waals surface area contributed by atoms with Crippen molar-refractivity contribution in [2.45, 2.75) is 44.1 Å². The molecule has 0 unspecified atom stereocenters. The Morgan fingerprint density at radius 3 is 2.67 bits per heavy atom. The van der Waals surface area contributed by atoms with E-state index in [2.05, 4.69) is 27.6 Å². The van der Waals surface area contributed by atoms with Crippen molar-refractivity contribution < 1.29 is 9.53 Å². The first kappa shape index (κ1) is 22.1. The summed E-state index contributed by atoms with van der Waals surface area (Å²) in [5, 5.41) is 12.2. The molecule has 3 rings (SSSR count). The summed E-state index contributed by atoms with van der Waals surface area (Å²) in [7, 11) is 1.67. The van der Waals surface area contributed by atoms with Crippen molar-refractivity contribution in [3.63, 3.8) is 0 Å². The van der Waals surface area contributed by atoms with E-state index < -0.39 is 0 Å². The van der Waals surface area contributed by atoms with Gasteiger partial charge < -0.3 is 14.6 Å². The van der Waals surface area contributed by atoms with Crippen LogP contribution in [-0.2, 0) is 22.5 Å². The molecule has 1 atom stereocenters. The van der Waals surface area contributed by atoms with Crippen LogP contribution in [0.2, 0.25) is 0 Å². The van der Waals surface area contributed by atoms with E-state index in [1.165, 1.54) is 17.3 Å². The molecule has 0 aliphatic heterocycles. The van der Waals surface area contributed by atoms with Gasteiger partial charge in [0.1, 0.15) is 5.82 Å². The second-order valence-electron chi connectivity index (χ2n) is 7.27. The fourth-order valence-electron chi connectivity index (χ4n) is 3.04. The van der Waals surface area contributed by atoms with Crippen LogP contribution >= 0.6 is 11.8 Å². The number of aryl methyl sites for hydroxylation is 2. The summed E-state index contributed by atoms with van der Waals surface area (Å²) in [6, 6.07) is 16.2. The topological polar surface area (TPSA) is 69.0 Å². The van der Waals surface area contributed by atoms with Crippen molar-refractivity contribution in [1.29, 1.82) is 0 Å². The number of aromatic nitrogens is 3. The van der Waals surface area contributed by atoms with Crippen molar-refractivity contribution in [3.8, 4) is 0 Å². The Balaban J connectivity index is 1.74. The van der Waals surface area contributed by atoms with Crippen LogP contribution in [-0.4, -0.2) is 39.6 Å². The SMILES string of the molecule is COCCn1c(Cc2ccccc2)nnc1S[C@H](C)C(=O)Nc1cc(C)ccc1C. The number of nitrogens with one attached hydrogen (secondary N) is 1. The Kier molecular flexibility index (Phi) is 7.65. The summed E-state index contributed by atoms with van der Waals surface area (Å²) in [6.45, 7) is 7.08. The van der Waals surface area contributed by atoms with E-state index in [0.29, 0.717) is 19.6 Å². The van der Waals surface area contributed by atoms with Gasteiger partial charge in [-0.25, -0.2) is 0 Å².